The molecule has 2 aromatic carbocycles. The Morgan fingerprint density at radius 3 is 2.27 bits per heavy atom. The molecular formula is C22H29F2N5O. The number of rotatable bonds is 5. The number of benzene rings is 2. The number of piperazine rings is 1. The molecule has 0 spiro atoms. The maximum absolute atomic E-state index is 14.3. The average molecular weight is 418 g/mol. The second-order valence-corrected chi connectivity index (χ2v) is 7.51. The third kappa shape index (κ3) is 4.81. The number of hydrogen-bond donors (Lipinski definition) is 2. The summed E-state index contributed by atoms with van der Waals surface area (Å²) in [5, 5.41) is 13.3. The number of hydrogen-bond acceptors (Lipinski definition) is 4. The van der Waals surface area contributed by atoms with Gasteiger partial charge in [0, 0.05) is 45.3 Å². The molecule has 6 nitrogen and oxygen atoms in total. The first-order valence-electron chi connectivity index (χ1n) is 10.0. The van der Waals surface area contributed by atoms with Gasteiger partial charge in [-0.1, -0.05) is 18.2 Å². The molecule has 162 valence electrons. The van der Waals surface area contributed by atoms with Crippen molar-refractivity contribution >= 4 is 11.6 Å². The molecule has 0 aliphatic carbocycles. The second kappa shape index (κ2) is 9.75. The maximum atomic E-state index is 14.3. The van der Waals surface area contributed by atoms with E-state index in [0.717, 1.165) is 18.8 Å². The van der Waals surface area contributed by atoms with Crippen LogP contribution in [-0.4, -0.2) is 74.7 Å². The van der Waals surface area contributed by atoms with E-state index in [2.05, 4.69) is 20.1 Å². The van der Waals surface area contributed by atoms with Crippen LogP contribution in [0.2, 0.25) is 0 Å². The van der Waals surface area contributed by atoms with E-state index in [1.165, 1.54) is 18.2 Å². The Balaban J connectivity index is 1.64. The number of aliphatic imine (C=N–C) groups is 1. The van der Waals surface area contributed by atoms with Gasteiger partial charge in [0.25, 0.3) is 0 Å². The van der Waals surface area contributed by atoms with Crippen molar-refractivity contribution in [1.82, 2.24) is 15.1 Å². The molecule has 0 saturated carbocycles. The van der Waals surface area contributed by atoms with Gasteiger partial charge in [0.15, 0.2) is 5.96 Å². The van der Waals surface area contributed by atoms with Crippen LogP contribution in [-0.2, 0) is 0 Å². The Labute approximate surface area is 176 Å². The van der Waals surface area contributed by atoms with Crippen LogP contribution in [0.4, 0.5) is 14.5 Å². The van der Waals surface area contributed by atoms with E-state index in [9.17, 15) is 13.9 Å². The Morgan fingerprint density at radius 1 is 1.07 bits per heavy atom. The molecule has 0 radical (unpaired) electrons. The van der Waals surface area contributed by atoms with Crippen molar-refractivity contribution in [1.29, 1.82) is 0 Å². The van der Waals surface area contributed by atoms with Crippen molar-refractivity contribution in [2.24, 2.45) is 4.99 Å². The summed E-state index contributed by atoms with van der Waals surface area (Å²) in [4.78, 5) is 10.4. The molecule has 1 atom stereocenters. The molecule has 1 aliphatic rings. The molecular weight excluding hydrogens is 388 g/mol. The minimum atomic E-state index is -0.554. The number of aromatic hydroxyl groups is 1. The van der Waals surface area contributed by atoms with Crippen molar-refractivity contribution in [2.75, 3.05) is 58.8 Å². The number of phenolic OH excluding ortho intramolecular Hbond substituents is 1. The standard InChI is InChI=1S/C22H29F2N5O/c1-25-22(26-15-19(27(2)3)21-16(23)7-6-8-17(21)24)29-13-11-28(12-14-29)18-9-4-5-10-20(18)30/h4-10,19,30H,11-15H2,1-3H3,(H,25,26). The van der Waals surface area contributed by atoms with Crippen molar-refractivity contribution in [3.63, 3.8) is 0 Å². The Bertz CT molecular complexity index is 861. The average Bonchev–Trinajstić information content (AvgIpc) is 2.73. The number of nitrogens with one attached hydrogen (secondary N) is 1. The lowest BCUT2D eigenvalue weighted by molar-refractivity contribution is 0.278. The quantitative estimate of drug-likeness (QED) is 0.579. The van der Waals surface area contributed by atoms with Gasteiger partial charge < -0.3 is 25.1 Å². The monoisotopic (exact) mass is 417 g/mol. The summed E-state index contributed by atoms with van der Waals surface area (Å²) in [5.41, 5.74) is 0.873. The topological polar surface area (TPSA) is 54.3 Å². The molecule has 30 heavy (non-hydrogen) atoms. The largest absolute Gasteiger partial charge is 0.506 e. The van der Waals surface area contributed by atoms with Gasteiger partial charge in [-0.15, -0.1) is 0 Å². The summed E-state index contributed by atoms with van der Waals surface area (Å²) in [6.45, 7) is 3.22. The number of likely N-dealkylation sites (N-methyl/N-ethyl adjacent to an activating group) is 1. The molecule has 3 rings (SSSR count). The van der Waals surface area contributed by atoms with Crippen molar-refractivity contribution in [3.8, 4) is 5.75 Å². The zero-order chi connectivity index (χ0) is 21.7. The van der Waals surface area contributed by atoms with Crippen molar-refractivity contribution in [2.45, 2.75) is 6.04 Å². The zero-order valence-electron chi connectivity index (χ0n) is 17.6. The van der Waals surface area contributed by atoms with E-state index in [1.54, 1.807) is 38.2 Å². The molecule has 1 heterocycles. The summed E-state index contributed by atoms with van der Waals surface area (Å²) in [7, 11) is 5.30. The minimum Gasteiger partial charge on any atom is -0.506 e. The third-order valence-electron chi connectivity index (χ3n) is 5.42. The summed E-state index contributed by atoms with van der Waals surface area (Å²) < 4.78 is 28.6. The van der Waals surface area contributed by atoms with Crippen LogP contribution in [0.5, 0.6) is 5.75 Å². The van der Waals surface area contributed by atoms with Crippen LogP contribution < -0.4 is 10.2 Å². The third-order valence-corrected chi connectivity index (χ3v) is 5.42. The molecule has 1 unspecified atom stereocenters. The van der Waals surface area contributed by atoms with E-state index < -0.39 is 17.7 Å². The molecule has 2 N–H and O–H groups in total. The summed E-state index contributed by atoms with van der Waals surface area (Å²) in [6, 6.07) is 10.8. The molecule has 0 amide bonds. The fourth-order valence-corrected chi connectivity index (χ4v) is 3.78. The normalized spacial score (nSPS) is 16.1. The lowest BCUT2D eigenvalue weighted by Gasteiger charge is -2.38. The number of phenols is 1. The van der Waals surface area contributed by atoms with Gasteiger partial charge in [0.2, 0.25) is 0 Å². The second-order valence-electron chi connectivity index (χ2n) is 7.51. The highest BCUT2D eigenvalue weighted by molar-refractivity contribution is 5.80. The number of halogens is 2. The van der Waals surface area contributed by atoms with E-state index in [1.807, 2.05) is 12.1 Å². The van der Waals surface area contributed by atoms with Crippen LogP contribution in [0.3, 0.4) is 0 Å². The van der Waals surface area contributed by atoms with Crippen LogP contribution >= 0.6 is 0 Å². The van der Waals surface area contributed by atoms with E-state index in [-0.39, 0.29) is 11.3 Å². The van der Waals surface area contributed by atoms with Gasteiger partial charge in [0.05, 0.1) is 11.7 Å². The van der Waals surface area contributed by atoms with Gasteiger partial charge in [-0.05, 0) is 38.4 Å². The van der Waals surface area contributed by atoms with Crippen LogP contribution in [0.25, 0.3) is 0 Å². The predicted molar refractivity (Wildman–Crippen MR) is 116 cm³/mol. The van der Waals surface area contributed by atoms with E-state index >= 15 is 0 Å². The van der Waals surface area contributed by atoms with Gasteiger partial charge in [-0.3, -0.25) is 4.99 Å². The van der Waals surface area contributed by atoms with Gasteiger partial charge >= 0.3 is 0 Å². The molecule has 2 aromatic rings. The minimum absolute atomic E-state index is 0.0508. The van der Waals surface area contributed by atoms with Crippen LogP contribution in [0.15, 0.2) is 47.5 Å². The lowest BCUT2D eigenvalue weighted by Crippen LogP contribution is -2.53. The first-order chi connectivity index (χ1) is 14.4. The number of para-hydroxylation sites is 2. The predicted octanol–water partition coefficient (Wildman–Crippen LogP) is 2.67. The van der Waals surface area contributed by atoms with Crippen LogP contribution in [0.1, 0.15) is 11.6 Å². The maximum Gasteiger partial charge on any atom is 0.193 e. The molecule has 1 aliphatic heterocycles. The smallest absolute Gasteiger partial charge is 0.193 e. The Hall–Kier alpha value is -2.87. The van der Waals surface area contributed by atoms with Gasteiger partial charge in [-0.25, -0.2) is 8.78 Å². The van der Waals surface area contributed by atoms with Gasteiger partial charge in [-0.2, -0.15) is 0 Å². The highest BCUT2D eigenvalue weighted by atomic mass is 19.1. The highest BCUT2D eigenvalue weighted by Crippen LogP contribution is 2.27. The molecule has 0 bridgehead atoms. The van der Waals surface area contributed by atoms with Gasteiger partial charge in [0.1, 0.15) is 17.4 Å². The fourth-order valence-electron chi connectivity index (χ4n) is 3.78. The summed E-state index contributed by atoms with van der Waals surface area (Å²) >= 11 is 0. The van der Waals surface area contributed by atoms with E-state index in [4.69, 9.17) is 0 Å². The SMILES string of the molecule is CN=C(NCC(c1c(F)cccc1F)N(C)C)N1CCN(c2ccccc2O)CC1. The number of nitrogens with zero attached hydrogens (tertiary/aromatic N) is 4. The Morgan fingerprint density at radius 2 is 1.70 bits per heavy atom. The lowest BCUT2D eigenvalue weighted by atomic mass is 10.0. The van der Waals surface area contributed by atoms with Crippen molar-refractivity contribution < 1.29 is 13.9 Å². The molecule has 1 saturated heterocycles. The first-order valence-corrected chi connectivity index (χ1v) is 10.0. The first kappa shape index (κ1) is 21.8. The van der Waals surface area contributed by atoms with Crippen LogP contribution in [0, 0.1) is 11.6 Å². The fraction of sp³-hybridized carbons (Fsp3) is 0.409. The molecule has 8 heteroatoms. The number of guanidine groups is 1. The van der Waals surface area contributed by atoms with Crippen molar-refractivity contribution in [3.05, 3.63) is 59.7 Å². The Kier molecular flexibility index (Phi) is 7.10. The summed E-state index contributed by atoms with van der Waals surface area (Å²) in [6.07, 6.45) is 0. The molecule has 1 fully saturated rings. The highest BCUT2D eigenvalue weighted by Gasteiger charge is 2.25. The zero-order valence-corrected chi connectivity index (χ0v) is 17.6. The number of anilines is 1. The molecule has 0 aromatic heterocycles. The van der Waals surface area contributed by atoms with E-state index in [0.29, 0.717) is 25.6 Å². The summed E-state index contributed by atoms with van der Waals surface area (Å²) in [5.74, 6) is -0.145.